The molecule has 5 nitrogen and oxygen atoms in total. The van der Waals surface area contributed by atoms with Crippen LogP contribution in [0.5, 0.6) is 0 Å². The maximum Gasteiger partial charge on any atom is 0.265 e. The summed E-state index contributed by atoms with van der Waals surface area (Å²) < 4.78 is 33.3. The monoisotopic (exact) mass is 537 g/mol. The van der Waals surface area contributed by atoms with Crippen molar-refractivity contribution in [3.8, 4) is 0 Å². The highest BCUT2D eigenvalue weighted by molar-refractivity contribution is 7.85. The molecule has 0 amide bonds. The number of fused-ring (bicyclic) bond motifs is 1. The number of hydrogen-bond donors (Lipinski definition) is 1. The fourth-order valence-corrected chi connectivity index (χ4v) is 5.37. The quantitative estimate of drug-likeness (QED) is 0.110. The van der Waals surface area contributed by atoms with Crippen LogP contribution in [0.1, 0.15) is 82.8 Å². The number of anilines is 1. The zero-order valence-electron chi connectivity index (χ0n) is 23.2. The van der Waals surface area contributed by atoms with E-state index in [0.717, 1.165) is 29.6 Å². The predicted octanol–water partition coefficient (Wildman–Crippen LogP) is 7.54. The summed E-state index contributed by atoms with van der Waals surface area (Å²) in [6, 6.07) is 19.1. The summed E-state index contributed by atoms with van der Waals surface area (Å²) in [7, 11) is -3.95. The molecule has 3 aromatic rings. The Hall–Kier alpha value is -2.70. The minimum absolute atomic E-state index is 0.235. The largest absolute Gasteiger partial charge is 0.372 e. The molecule has 0 aliphatic heterocycles. The number of nitrogens with zero attached hydrogens (tertiary/aromatic N) is 2. The Morgan fingerprint density at radius 2 is 1.45 bits per heavy atom. The van der Waals surface area contributed by atoms with E-state index in [0.29, 0.717) is 13.0 Å². The van der Waals surface area contributed by atoms with Crippen LogP contribution in [0.15, 0.2) is 60.8 Å². The second-order valence-corrected chi connectivity index (χ2v) is 11.7. The number of hydrogen-bond acceptors (Lipinski definition) is 3. The van der Waals surface area contributed by atoms with Gasteiger partial charge in [0.05, 0.1) is 11.1 Å². The van der Waals surface area contributed by atoms with Gasteiger partial charge in [-0.05, 0) is 42.2 Å². The second-order valence-electron chi connectivity index (χ2n) is 10.2. The molecule has 1 N–H and O–H groups in total. The molecule has 38 heavy (non-hydrogen) atoms. The standard InChI is InChI=1S/C32H44N2O3S/c1-3-5-7-11-23-33(24-12-8-6-4-2)30-20-17-28(18-21-30)16-19-29-22-26-34(25-13-27-38(35,36)37)32-15-10-9-14-31(29)32/h9-10,14-22,26H,3-8,11-13,23-25,27H2,1-2H3/p+1. The maximum atomic E-state index is 11.1. The Kier molecular flexibility index (Phi) is 12.3. The van der Waals surface area contributed by atoms with Gasteiger partial charge in [0.1, 0.15) is 6.54 Å². The van der Waals surface area contributed by atoms with E-state index in [9.17, 15) is 8.42 Å². The molecule has 0 unspecified atom stereocenters. The van der Waals surface area contributed by atoms with E-state index in [-0.39, 0.29) is 5.75 Å². The third-order valence-electron chi connectivity index (χ3n) is 7.04. The zero-order valence-corrected chi connectivity index (χ0v) is 24.0. The van der Waals surface area contributed by atoms with Crippen molar-refractivity contribution in [1.82, 2.24) is 0 Å². The molecule has 0 fully saturated rings. The summed E-state index contributed by atoms with van der Waals surface area (Å²) in [6.45, 7) is 7.30. The van der Waals surface area contributed by atoms with Crippen molar-refractivity contribution in [2.45, 2.75) is 78.2 Å². The van der Waals surface area contributed by atoms with E-state index in [1.54, 1.807) is 0 Å². The van der Waals surface area contributed by atoms with Gasteiger partial charge in [-0.1, -0.05) is 88.8 Å². The second kappa shape index (κ2) is 15.6. The lowest BCUT2D eigenvalue weighted by Gasteiger charge is -2.25. The molecule has 0 aliphatic rings. The van der Waals surface area contributed by atoms with Crippen molar-refractivity contribution in [2.24, 2.45) is 0 Å². The molecule has 1 heterocycles. The highest BCUT2D eigenvalue weighted by Gasteiger charge is 2.13. The number of pyridine rings is 1. The minimum atomic E-state index is -3.95. The lowest BCUT2D eigenvalue weighted by atomic mass is 10.1. The van der Waals surface area contributed by atoms with Gasteiger partial charge in [-0.25, -0.2) is 0 Å². The molecule has 0 spiro atoms. The number of benzene rings is 2. The van der Waals surface area contributed by atoms with Gasteiger partial charge in [-0.15, -0.1) is 0 Å². The van der Waals surface area contributed by atoms with Crippen LogP contribution in [0.3, 0.4) is 0 Å². The molecular weight excluding hydrogens is 492 g/mol. The smallest absolute Gasteiger partial charge is 0.265 e. The van der Waals surface area contributed by atoms with E-state index in [1.807, 2.05) is 29.0 Å². The summed E-state index contributed by atoms with van der Waals surface area (Å²) in [4.78, 5) is 2.56. The molecule has 0 atom stereocenters. The highest BCUT2D eigenvalue weighted by atomic mass is 32.2. The summed E-state index contributed by atoms with van der Waals surface area (Å²) in [6.07, 6.45) is 16.9. The average Bonchev–Trinajstić information content (AvgIpc) is 2.91. The van der Waals surface area contributed by atoms with Gasteiger partial charge in [-0.3, -0.25) is 4.55 Å². The molecule has 3 rings (SSSR count). The van der Waals surface area contributed by atoms with Crippen LogP contribution >= 0.6 is 0 Å². The van der Waals surface area contributed by atoms with E-state index in [2.05, 4.69) is 67.3 Å². The van der Waals surface area contributed by atoms with Crippen molar-refractivity contribution in [3.05, 3.63) is 71.9 Å². The van der Waals surface area contributed by atoms with E-state index in [4.69, 9.17) is 4.55 Å². The highest BCUT2D eigenvalue weighted by Crippen LogP contribution is 2.21. The number of para-hydroxylation sites is 1. The summed E-state index contributed by atoms with van der Waals surface area (Å²) in [5.74, 6) is -0.235. The van der Waals surface area contributed by atoms with Crippen molar-refractivity contribution in [1.29, 1.82) is 0 Å². The Bertz CT molecular complexity index is 1240. The van der Waals surface area contributed by atoms with Crippen molar-refractivity contribution < 1.29 is 17.5 Å². The van der Waals surface area contributed by atoms with Crippen LogP contribution in [0.2, 0.25) is 0 Å². The third-order valence-corrected chi connectivity index (χ3v) is 7.84. The molecule has 0 saturated heterocycles. The third kappa shape index (κ3) is 9.88. The molecule has 206 valence electrons. The van der Waals surface area contributed by atoms with E-state index in [1.165, 1.54) is 62.6 Å². The lowest BCUT2D eigenvalue weighted by Crippen LogP contribution is -2.35. The number of unbranched alkanes of at least 4 members (excludes halogenated alkanes) is 6. The predicted molar refractivity (Wildman–Crippen MR) is 161 cm³/mol. The summed E-state index contributed by atoms with van der Waals surface area (Å²) in [5, 5.41) is 1.11. The molecule has 6 heteroatoms. The van der Waals surface area contributed by atoms with Gasteiger partial charge in [0.2, 0.25) is 5.52 Å². The summed E-state index contributed by atoms with van der Waals surface area (Å²) >= 11 is 0. The normalized spacial score (nSPS) is 12.0. The first kappa shape index (κ1) is 29.9. The van der Waals surface area contributed by atoms with Gasteiger partial charge < -0.3 is 4.90 Å². The van der Waals surface area contributed by atoms with E-state index < -0.39 is 10.1 Å². The Balaban J connectivity index is 1.71. The van der Waals surface area contributed by atoms with Crippen LogP contribution in [0.4, 0.5) is 5.69 Å². The van der Waals surface area contributed by atoms with Gasteiger partial charge >= 0.3 is 0 Å². The number of aryl methyl sites for hydroxylation is 1. The van der Waals surface area contributed by atoms with E-state index >= 15 is 0 Å². The summed E-state index contributed by atoms with van der Waals surface area (Å²) in [5.41, 5.74) is 4.64. The van der Waals surface area contributed by atoms with Gasteiger partial charge in [0.15, 0.2) is 6.20 Å². The SMILES string of the molecule is CCCCCCN(CCCCCC)c1ccc(/C=C/c2cc[n+](CCCS(=O)(=O)O)c3ccccc23)cc1. The average molecular weight is 538 g/mol. The zero-order chi connectivity index (χ0) is 27.2. The first-order chi connectivity index (χ1) is 18.4. The molecular formula is C32H45N2O3S+. The van der Waals surface area contributed by atoms with Crippen LogP contribution in [0, 0.1) is 0 Å². The fraction of sp³-hybridized carbons (Fsp3) is 0.469. The molecule has 0 saturated carbocycles. The molecule has 2 aromatic carbocycles. The Labute approximate surface area is 230 Å². The van der Waals surface area contributed by atoms with Gasteiger partial charge in [-0.2, -0.15) is 13.0 Å². The molecule has 1 aromatic heterocycles. The van der Waals surface area contributed by atoms with Crippen molar-refractivity contribution in [2.75, 3.05) is 23.7 Å². The molecule has 0 bridgehead atoms. The van der Waals surface area contributed by atoms with Crippen LogP contribution in [-0.2, 0) is 16.7 Å². The van der Waals surface area contributed by atoms with Gasteiger partial charge in [0.25, 0.3) is 10.1 Å². The van der Waals surface area contributed by atoms with Crippen LogP contribution in [0.25, 0.3) is 23.1 Å². The van der Waals surface area contributed by atoms with Crippen LogP contribution in [-0.4, -0.2) is 31.8 Å². The first-order valence-corrected chi connectivity index (χ1v) is 15.9. The molecule has 0 aliphatic carbocycles. The lowest BCUT2D eigenvalue weighted by molar-refractivity contribution is -0.671. The van der Waals surface area contributed by atoms with Crippen molar-refractivity contribution >= 4 is 38.9 Å². The first-order valence-electron chi connectivity index (χ1n) is 14.3. The Morgan fingerprint density at radius 3 is 2.08 bits per heavy atom. The number of rotatable bonds is 17. The fourth-order valence-electron chi connectivity index (χ4n) is 4.88. The van der Waals surface area contributed by atoms with Gasteiger partial charge in [0, 0.05) is 37.3 Å². The van der Waals surface area contributed by atoms with Crippen LogP contribution < -0.4 is 9.47 Å². The topological polar surface area (TPSA) is 61.5 Å². The Morgan fingerprint density at radius 1 is 0.789 bits per heavy atom. The molecule has 0 radical (unpaired) electrons. The number of aromatic nitrogens is 1. The maximum absolute atomic E-state index is 11.1. The van der Waals surface area contributed by atoms with Crippen molar-refractivity contribution in [3.63, 3.8) is 0 Å². The minimum Gasteiger partial charge on any atom is -0.372 e.